The largest absolute Gasteiger partial charge is 0.399 e. The van der Waals surface area contributed by atoms with Gasteiger partial charge in [0, 0.05) is 10.2 Å². The predicted octanol–water partition coefficient (Wildman–Crippen LogP) is 3.49. The van der Waals surface area contributed by atoms with Gasteiger partial charge in [-0.1, -0.05) is 17.7 Å². The molecule has 4 nitrogen and oxygen atoms in total. The number of rotatable bonds is 3. The number of benzene rings is 2. The van der Waals surface area contributed by atoms with Crippen molar-refractivity contribution in [2.45, 2.75) is 4.90 Å². The van der Waals surface area contributed by atoms with Crippen LogP contribution in [0.1, 0.15) is 0 Å². The van der Waals surface area contributed by atoms with E-state index in [1.807, 2.05) is 0 Å². The van der Waals surface area contributed by atoms with Gasteiger partial charge in [-0.2, -0.15) is 0 Å². The quantitative estimate of drug-likeness (QED) is 0.822. The molecule has 2 aromatic carbocycles. The highest BCUT2D eigenvalue weighted by molar-refractivity contribution is 9.10. The van der Waals surface area contributed by atoms with Crippen LogP contribution in [0.5, 0.6) is 0 Å². The molecule has 3 N–H and O–H groups in total. The van der Waals surface area contributed by atoms with E-state index in [1.165, 1.54) is 18.2 Å². The number of nitrogens with two attached hydrogens (primary N) is 1. The van der Waals surface area contributed by atoms with Crippen molar-refractivity contribution in [2.75, 3.05) is 10.5 Å². The molecule has 2 rings (SSSR count). The zero-order valence-electron chi connectivity index (χ0n) is 9.60. The van der Waals surface area contributed by atoms with Crippen LogP contribution in [0.15, 0.2) is 51.8 Å². The monoisotopic (exact) mass is 360 g/mol. The molecule has 0 saturated carbocycles. The molecule has 0 atom stereocenters. The maximum absolute atomic E-state index is 12.1. The summed E-state index contributed by atoms with van der Waals surface area (Å²) < 4.78 is 27.4. The molecule has 0 saturated heterocycles. The summed E-state index contributed by atoms with van der Waals surface area (Å²) >= 11 is 9.15. The van der Waals surface area contributed by atoms with E-state index in [9.17, 15) is 8.42 Å². The van der Waals surface area contributed by atoms with Crippen LogP contribution in [-0.4, -0.2) is 8.42 Å². The molecule has 19 heavy (non-hydrogen) atoms. The highest BCUT2D eigenvalue weighted by Crippen LogP contribution is 2.27. The number of nitrogen functional groups attached to an aromatic ring is 1. The van der Waals surface area contributed by atoms with E-state index in [1.54, 1.807) is 24.3 Å². The second-order valence-electron chi connectivity index (χ2n) is 3.81. The third kappa shape index (κ3) is 3.40. The van der Waals surface area contributed by atoms with Crippen molar-refractivity contribution in [3.8, 4) is 0 Å². The van der Waals surface area contributed by atoms with E-state index in [0.717, 1.165) is 0 Å². The molecule has 0 spiro atoms. The van der Waals surface area contributed by atoms with Gasteiger partial charge in [0.2, 0.25) is 0 Å². The molecule has 0 amide bonds. The van der Waals surface area contributed by atoms with Crippen LogP contribution < -0.4 is 10.5 Å². The Morgan fingerprint density at radius 2 is 1.89 bits per heavy atom. The molecule has 0 aliphatic rings. The van der Waals surface area contributed by atoms with Gasteiger partial charge in [-0.3, -0.25) is 4.72 Å². The van der Waals surface area contributed by atoms with Gasteiger partial charge in [0.25, 0.3) is 10.0 Å². The van der Waals surface area contributed by atoms with Gasteiger partial charge in [-0.05, 0) is 52.3 Å². The van der Waals surface area contributed by atoms with Crippen LogP contribution in [0.4, 0.5) is 11.4 Å². The lowest BCUT2D eigenvalue weighted by atomic mass is 10.3. The number of nitrogens with one attached hydrogen (secondary N) is 1. The summed E-state index contributed by atoms with van der Waals surface area (Å²) in [5.74, 6) is 0. The molecule has 0 bridgehead atoms. The minimum Gasteiger partial charge on any atom is -0.399 e. The first-order valence-corrected chi connectivity index (χ1v) is 7.87. The fourth-order valence-electron chi connectivity index (χ4n) is 1.46. The minimum absolute atomic E-state index is 0.103. The fraction of sp³-hybridized carbons (Fsp3) is 0. The lowest BCUT2D eigenvalue weighted by Gasteiger charge is -2.09. The smallest absolute Gasteiger partial charge is 0.261 e. The first kappa shape index (κ1) is 14.2. The lowest BCUT2D eigenvalue weighted by Crippen LogP contribution is -2.13. The van der Waals surface area contributed by atoms with Gasteiger partial charge in [0.05, 0.1) is 15.6 Å². The normalized spacial score (nSPS) is 11.3. The Bertz CT molecular complexity index is 719. The van der Waals surface area contributed by atoms with Gasteiger partial charge in [0.15, 0.2) is 0 Å². The van der Waals surface area contributed by atoms with E-state index in [-0.39, 0.29) is 4.90 Å². The lowest BCUT2D eigenvalue weighted by molar-refractivity contribution is 0.601. The maximum atomic E-state index is 12.1. The number of anilines is 2. The van der Waals surface area contributed by atoms with Gasteiger partial charge in [-0.25, -0.2) is 8.42 Å². The summed E-state index contributed by atoms with van der Waals surface area (Å²) in [4.78, 5) is 0.103. The van der Waals surface area contributed by atoms with E-state index < -0.39 is 10.0 Å². The Labute approximate surface area is 124 Å². The van der Waals surface area contributed by atoms with Gasteiger partial charge in [-0.15, -0.1) is 0 Å². The summed E-state index contributed by atoms with van der Waals surface area (Å²) in [5.41, 5.74) is 6.34. The second-order valence-corrected chi connectivity index (χ2v) is 6.75. The molecule has 0 aliphatic heterocycles. The number of hydrogen-bond acceptors (Lipinski definition) is 3. The first-order chi connectivity index (χ1) is 8.88. The van der Waals surface area contributed by atoms with Crippen LogP contribution in [0.25, 0.3) is 0 Å². The molecular weight excluding hydrogens is 352 g/mol. The summed E-state index contributed by atoms with van der Waals surface area (Å²) in [5, 5.41) is 0.424. The molecule has 0 radical (unpaired) electrons. The average molecular weight is 362 g/mol. The van der Waals surface area contributed by atoms with Crippen LogP contribution in [0, 0.1) is 0 Å². The average Bonchev–Trinajstić information content (AvgIpc) is 2.33. The Hall–Kier alpha value is -1.24. The molecule has 2 aromatic rings. The van der Waals surface area contributed by atoms with E-state index in [0.29, 0.717) is 20.9 Å². The van der Waals surface area contributed by atoms with E-state index in [2.05, 4.69) is 20.7 Å². The Morgan fingerprint density at radius 1 is 1.16 bits per heavy atom. The maximum Gasteiger partial charge on any atom is 0.261 e. The summed E-state index contributed by atoms with van der Waals surface area (Å²) in [6, 6.07) is 10.9. The Kier molecular flexibility index (Phi) is 4.03. The van der Waals surface area contributed by atoms with Crippen molar-refractivity contribution in [1.29, 1.82) is 0 Å². The molecular formula is C12H10BrClN2O2S. The SMILES string of the molecule is Nc1cccc(S(=O)(=O)Nc2ccc(Br)c(Cl)c2)c1. The molecule has 0 heterocycles. The fourth-order valence-corrected chi connectivity index (χ4v) is 2.99. The third-order valence-electron chi connectivity index (χ3n) is 2.34. The van der Waals surface area contributed by atoms with E-state index in [4.69, 9.17) is 17.3 Å². The van der Waals surface area contributed by atoms with Gasteiger partial charge >= 0.3 is 0 Å². The number of halogens is 2. The van der Waals surface area contributed by atoms with Crippen molar-refractivity contribution in [2.24, 2.45) is 0 Å². The Morgan fingerprint density at radius 3 is 2.53 bits per heavy atom. The van der Waals surface area contributed by atoms with Crippen molar-refractivity contribution in [1.82, 2.24) is 0 Å². The molecule has 0 unspecified atom stereocenters. The van der Waals surface area contributed by atoms with Crippen molar-refractivity contribution >= 4 is 48.9 Å². The molecule has 0 fully saturated rings. The predicted molar refractivity (Wildman–Crippen MR) is 80.8 cm³/mol. The minimum atomic E-state index is -3.67. The van der Waals surface area contributed by atoms with Crippen molar-refractivity contribution < 1.29 is 8.42 Å². The summed E-state index contributed by atoms with van der Waals surface area (Å²) in [6.07, 6.45) is 0. The van der Waals surface area contributed by atoms with E-state index >= 15 is 0 Å². The number of hydrogen-bond donors (Lipinski definition) is 2. The standard InChI is InChI=1S/C12H10BrClN2O2S/c13-11-5-4-9(7-12(11)14)16-19(17,18)10-3-1-2-8(15)6-10/h1-7,16H,15H2. The Balaban J connectivity index is 2.33. The van der Waals surface area contributed by atoms with Crippen molar-refractivity contribution in [3.05, 3.63) is 52.0 Å². The summed E-state index contributed by atoms with van der Waals surface area (Å²) in [6.45, 7) is 0. The molecule has 0 aliphatic carbocycles. The third-order valence-corrected chi connectivity index (χ3v) is 4.95. The van der Waals surface area contributed by atoms with Gasteiger partial charge in [0.1, 0.15) is 0 Å². The van der Waals surface area contributed by atoms with Crippen molar-refractivity contribution in [3.63, 3.8) is 0 Å². The molecule has 100 valence electrons. The topological polar surface area (TPSA) is 72.2 Å². The number of sulfonamides is 1. The highest BCUT2D eigenvalue weighted by atomic mass is 79.9. The zero-order chi connectivity index (χ0) is 14.0. The van der Waals surface area contributed by atoms with Gasteiger partial charge < -0.3 is 5.73 Å². The second kappa shape index (κ2) is 5.40. The van der Waals surface area contributed by atoms with Crippen LogP contribution >= 0.6 is 27.5 Å². The molecule has 0 aromatic heterocycles. The summed E-state index contributed by atoms with van der Waals surface area (Å²) in [7, 11) is -3.67. The van der Waals surface area contributed by atoms with Crippen LogP contribution in [0.2, 0.25) is 5.02 Å². The van der Waals surface area contributed by atoms with Crippen LogP contribution in [0.3, 0.4) is 0 Å². The highest BCUT2D eigenvalue weighted by Gasteiger charge is 2.14. The zero-order valence-corrected chi connectivity index (χ0v) is 12.8. The first-order valence-electron chi connectivity index (χ1n) is 5.22. The van der Waals surface area contributed by atoms with Crippen LogP contribution in [-0.2, 0) is 10.0 Å². The molecule has 7 heteroatoms.